The van der Waals surface area contributed by atoms with Crippen LogP contribution in [0.2, 0.25) is 0 Å². The second-order valence-electron chi connectivity index (χ2n) is 6.17. The van der Waals surface area contributed by atoms with E-state index in [0.29, 0.717) is 29.2 Å². The number of anilines is 1. The Labute approximate surface area is 122 Å². The van der Waals surface area contributed by atoms with Gasteiger partial charge in [-0.1, -0.05) is 19.0 Å². The summed E-state index contributed by atoms with van der Waals surface area (Å²) in [6, 6.07) is -0.626. The minimum Gasteiger partial charge on any atom is -0.480 e. The zero-order valence-electron chi connectivity index (χ0n) is 12.3. The number of hydrogen-bond donors (Lipinski definition) is 1. The first-order chi connectivity index (χ1) is 9.92. The maximum atomic E-state index is 11.8. The molecule has 1 aliphatic heterocycles. The summed E-state index contributed by atoms with van der Waals surface area (Å²) in [5.41, 5.74) is 0.741. The van der Waals surface area contributed by atoms with Gasteiger partial charge in [-0.2, -0.15) is 4.98 Å². The molecule has 0 amide bonds. The van der Waals surface area contributed by atoms with Crippen molar-refractivity contribution < 1.29 is 14.4 Å². The predicted octanol–water partition coefficient (Wildman–Crippen LogP) is 2.01. The van der Waals surface area contributed by atoms with Gasteiger partial charge in [0.25, 0.3) is 5.71 Å². The molecule has 0 bridgehead atoms. The molecule has 3 heterocycles. The minimum absolute atomic E-state index is 0.327. The van der Waals surface area contributed by atoms with E-state index in [9.17, 15) is 9.90 Å². The number of fused-ring (bicyclic) bond motifs is 1. The molecule has 3 rings (SSSR count). The SMILES string of the molecule is Cc1noc2ncnc(N3CCCC(C)(C)C3C(=O)O)c12. The van der Waals surface area contributed by atoms with Crippen LogP contribution in [0, 0.1) is 12.3 Å². The highest BCUT2D eigenvalue weighted by Gasteiger charge is 2.43. The summed E-state index contributed by atoms with van der Waals surface area (Å²) in [7, 11) is 0. The molecule has 1 saturated heterocycles. The average molecular weight is 290 g/mol. The second-order valence-corrected chi connectivity index (χ2v) is 6.17. The Balaban J connectivity index is 2.16. The minimum atomic E-state index is -0.833. The first-order valence-electron chi connectivity index (χ1n) is 6.98. The number of hydrogen-bond acceptors (Lipinski definition) is 6. The van der Waals surface area contributed by atoms with Crippen molar-refractivity contribution in [3.63, 3.8) is 0 Å². The summed E-state index contributed by atoms with van der Waals surface area (Å²) in [5, 5.41) is 14.3. The van der Waals surface area contributed by atoms with E-state index in [1.807, 2.05) is 25.7 Å². The highest BCUT2D eigenvalue weighted by Crippen LogP contribution is 2.39. The monoisotopic (exact) mass is 290 g/mol. The number of piperidine rings is 1. The molecule has 7 nitrogen and oxygen atoms in total. The Morgan fingerprint density at radius 2 is 2.24 bits per heavy atom. The summed E-state index contributed by atoms with van der Waals surface area (Å²) in [4.78, 5) is 22.0. The number of carboxylic acid groups (broad SMARTS) is 1. The van der Waals surface area contributed by atoms with Crippen molar-refractivity contribution in [2.24, 2.45) is 5.41 Å². The fraction of sp³-hybridized carbons (Fsp3) is 0.571. The summed E-state index contributed by atoms with van der Waals surface area (Å²) < 4.78 is 5.15. The van der Waals surface area contributed by atoms with E-state index in [4.69, 9.17) is 4.52 Å². The Kier molecular flexibility index (Phi) is 3.07. The van der Waals surface area contributed by atoms with Crippen LogP contribution in [0.3, 0.4) is 0 Å². The van der Waals surface area contributed by atoms with Crippen molar-refractivity contribution >= 4 is 22.9 Å². The highest BCUT2D eigenvalue weighted by atomic mass is 16.5. The van der Waals surface area contributed by atoms with Crippen molar-refractivity contribution in [2.45, 2.75) is 39.7 Å². The molecule has 1 N–H and O–H groups in total. The first kappa shape index (κ1) is 13.8. The van der Waals surface area contributed by atoms with Crippen LogP contribution in [0.25, 0.3) is 11.1 Å². The molecule has 7 heteroatoms. The summed E-state index contributed by atoms with van der Waals surface area (Å²) in [6.07, 6.45) is 3.19. The van der Waals surface area contributed by atoms with Crippen LogP contribution in [0.15, 0.2) is 10.9 Å². The number of carbonyl (C=O) groups is 1. The van der Waals surface area contributed by atoms with Gasteiger partial charge in [-0.15, -0.1) is 0 Å². The van der Waals surface area contributed by atoms with E-state index in [1.54, 1.807) is 0 Å². The van der Waals surface area contributed by atoms with Gasteiger partial charge in [0.1, 0.15) is 23.6 Å². The van der Waals surface area contributed by atoms with E-state index in [2.05, 4.69) is 15.1 Å². The lowest BCUT2D eigenvalue weighted by Crippen LogP contribution is -2.54. The van der Waals surface area contributed by atoms with Gasteiger partial charge in [-0.3, -0.25) is 0 Å². The zero-order valence-corrected chi connectivity index (χ0v) is 12.3. The number of aromatic nitrogens is 3. The summed E-state index contributed by atoms with van der Waals surface area (Å²) >= 11 is 0. The standard InChI is InChI=1S/C14H18N4O3/c1-8-9-11(15-7-16-12(9)21-17-8)18-6-4-5-14(2,3)10(18)13(19)20/h7,10H,4-6H2,1-3H3,(H,19,20). The zero-order chi connectivity index (χ0) is 15.2. The number of carboxylic acids is 1. The van der Waals surface area contributed by atoms with Gasteiger partial charge in [0.2, 0.25) is 0 Å². The smallest absolute Gasteiger partial charge is 0.326 e. The topological polar surface area (TPSA) is 92.4 Å². The normalized spacial score (nSPS) is 21.7. The third kappa shape index (κ3) is 2.12. The van der Waals surface area contributed by atoms with Gasteiger partial charge >= 0.3 is 5.97 Å². The Morgan fingerprint density at radius 1 is 1.48 bits per heavy atom. The molecule has 1 atom stereocenters. The maximum absolute atomic E-state index is 11.8. The molecule has 1 fully saturated rings. The Bertz CT molecular complexity index is 695. The summed E-state index contributed by atoms with van der Waals surface area (Å²) in [6.45, 7) is 6.42. The molecule has 0 spiro atoms. The van der Waals surface area contributed by atoms with Crippen molar-refractivity contribution in [2.75, 3.05) is 11.4 Å². The predicted molar refractivity (Wildman–Crippen MR) is 76.1 cm³/mol. The van der Waals surface area contributed by atoms with Gasteiger partial charge in [0.15, 0.2) is 0 Å². The van der Waals surface area contributed by atoms with Gasteiger partial charge in [-0.25, -0.2) is 9.78 Å². The van der Waals surface area contributed by atoms with Gasteiger partial charge in [0.05, 0.1) is 5.69 Å². The number of rotatable bonds is 2. The molecule has 0 aliphatic carbocycles. The van der Waals surface area contributed by atoms with Crippen molar-refractivity contribution in [3.05, 3.63) is 12.0 Å². The fourth-order valence-electron chi connectivity index (χ4n) is 3.21. The van der Waals surface area contributed by atoms with Crippen LogP contribution in [0.4, 0.5) is 5.82 Å². The lowest BCUT2D eigenvalue weighted by atomic mass is 9.76. The molecule has 2 aromatic rings. The lowest BCUT2D eigenvalue weighted by molar-refractivity contribution is -0.142. The number of nitrogens with zero attached hydrogens (tertiary/aromatic N) is 4. The average Bonchev–Trinajstić information content (AvgIpc) is 2.79. The third-order valence-corrected chi connectivity index (χ3v) is 4.20. The van der Waals surface area contributed by atoms with E-state index in [1.165, 1.54) is 6.33 Å². The molecule has 112 valence electrons. The largest absolute Gasteiger partial charge is 0.480 e. The molecule has 1 unspecified atom stereocenters. The Morgan fingerprint density at radius 3 is 2.95 bits per heavy atom. The van der Waals surface area contributed by atoms with Gasteiger partial charge in [-0.05, 0) is 25.2 Å². The molecule has 21 heavy (non-hydrogen) atoms. The van der Waals surface area contributed by atoms with E-state index >= 15 is 0 Å². The van der Waals surface area contributed by atoms with E-state index in [0.717, 1.165) is 12.8 Å². The van der Waals surface area contributed by atoms with Crippen molar-refractivity contribution in [1.29, 1.82) is 0 Å². The molecule has 0 saturated carbocycles. The first-order valence-corrected chi connectivity index (χ1v) is 6.98. The van der Waals surface area contributed by atoms with Crippen LogP contribution in [-0.4, -0.2) is 38.8 Å². The number of aryl methyl sites for hydroxylation is 1. The molecule has 0 radical (unpaired) electrons. The maximum Gasteiger partial charge on any atom is 0.326 e. The highest BCUT2D eigenvalue weighted by molar-refractivity contribution is 5.90. The molecule has 2 aromatic heterocycles. The molecular weight excluding hydrogens is 272 g/mol. The van der Waals surface area contributed by atoms with Gasteiger partial charge in [0, 0.05) is 6.54 Å². The second kappa shape index (κ2) is 4.68. The van der Waals surface area contributed by atoms with Crippen LogP contribution < -0.4 is 4.90 Å². The molecule has 1 aliphatic rings. The van der Waals surface area contributed by atoms with Gasteiger partial charge < -0.3 is 14.5 Å². The van der Waals surface area contributed by atoms with Crippen molar-refractivity contribution in [3.8, 4) is 0 Å². The quantitative estimate of drug-likeness (QED) is 0.904. The van der Waals surface area contributed by atoms with Crippen LogP contribution in [0.5, 0.6) is 0 Å². The van der Waals surface area contributed by atoms with E-state index in [-0.39, 0.29) is 5.41 Å². The Hall–Kier alpha value is -2.18. The lowest BCUT2D eigenvalue weighted by Gasteiger charge is -2.44. The van der Waals surface area contributed by atoms with Crippen LogP contribution in [0.1, 0.15) is 32.4 Å². The third-order valence-electron chi connectivity index (χ3n) is 4.20. The van der Waals surface area contributed by atoms with E-state index < -0.39 is 12.0 Å². The van der Waals surface area contributed by atoms with Crippen LogP contribution >= 0.6 is 0 Å². The number of aliphatic carboxylic acids is 1. The molecular formula is C14H18N4O3. The fourth-order valence-corrected chi connectivity index (χ4v) is 3.21. The van der Waals surface area contributed by atoms with Crippen LogP contribution in [-0.2, 0) is 4.79 Å². The molecule has 0 aromatic carbocycles. The van der Waals surface area contributed by atoms with Crippen molar-refractivity contribution in [1.82, 2.24) is 15.1 Å². The summed E-state index contributed by atoms with van der Waals surface area (Å²) in [5.74, 6) is -0.237.